The van der Waals surface area contributed by atoms with Crippen molar-refractivity contribution in [1.29, 1.82) is 0 Å². The summed E-state index contributed by atoms with van der Waals surface area (Å²) in [6, 6.07) is 1.96. The molecular weight excluding hydrogens is 228 g/mol. The molecule has 0 unspecified atom stereocenters. The van der Waals surface area contributed by atoms with Crippen LogP contribution >= 0.6 is 0 Å². The van der Waals surface area contributed by atoms with Crippen LogP contribution in [0, 0.1) is 11.8 Å². The zero-order chi connectivity index (χ0) is 13.4. The van der Waals surface area contributed by atoms with E-state index in [1.54, 1.807) is 0 Å². The highest BCUT2D eigenvalue weighted by Gasteiger charge is 2.04. The summed E-state index contributed by atoms with van der Waals surface area (Å²) in [5.74, 6) is 2.13. The fourth-order valence-electron chi connectivity index (χ4n) is 1.49. The van der Waals surface area contributed by atoms with E-state index in [4.69, 9.17) is 9.26 Å². The standard InChI is InChI=1S/C14H26N2O2/c1-11(2)5-6-17-10-14-7-13(16-18-14)9-15-8-12(3)4/h7,11-12,15H,5-6,8-10H2,1-4H3. The van der Waals surface area contributed by atoms with Gasteiger partial charge in [0, 0.05) is 19.2 Å². The zero-order valence-electron chi connectivity index (χ0n) is 12.0. The van der Waals surface area contributed by atoms with Crippen LogP contribution in [0.25, 0.3) is 0 Å². The van der Waals surface area contributed by atoms with E-state index in [1.165, 1.54) is 0 Å². The Morgan fingerprint density at radius 3 is 2.72 bits per heavy atom. The first-order valence-electron chi connectivity index (χ1n) is 6.81. The summed E-state index contributed by atoms with van der Waals surface area (Å²) < 4.78 is 10.7. The molecule has 0 amide bonds. The summed E-state index contributed by atoms with van der Waals surface area (Å²) in [5.41, 5.74) is 0.943. The van der Waals surface area contributed by atoms with Crippen molar-refractivity contribution >= 4 is 0 Å². The van der Waals surface area contributed by atoms with Crippen LogP contribution in [0.5, 0.6) is 0 Å². The fraction of sp³-hybridized carbons (Fsp3) is 0.786. The van der Waals surface area contributed by atoms with Gasteiger partial charge in [0.2, 0.25) is 0 Å². The Balaban J connectivity index is 2.17. The molecule has 4 nitrogen and oxygen atoms in total. The number of rotatable bonds is 9. The Morgan fingerprint density at radius 1 is 1.28 bits per heavy atom. The van der Waals surface area contributed by atoms with Gasteiger partial charge in [0.1, 0.15) is 6.61 Å². The highest BCUT2D eigenvalue weighted by molar-refractivity contribution is 5.04. The summed E-state index contributed by atoms with van der Waals surface area (Å²) in [4.78, 5) is 0. The Hall–Kier alpha value is -0.870. The smallest absolute Gasteiger partial charge is 0.162 e. The lowest BCUT2D eigenvalue weighted by atomic mass is 10.1. The second-order valence-corrected chi connectivity index (χ2v) is 5.54. The number of hydrogen-bond donors (Lipinski definition) is 1. The van der Waals surface area contributed by atoms with Crippen molar-refractivity contribution in [2.75, 3.05) is 13.2 Å². The maximum absolute atomic E-state index is 5.53. The van der Waals surface area contributed by atoms with Gasteiger partial charge in [-0.15, -0.1) is 0 Å². The predicted molar refractivity (Wildman–Crippen MR) is 72.2 cm³/mol. The molecule has 0 saturated heterocycles. The van der Waals surface area contributed by atoms with Gasteiger partial charge in [-0.05, 0) is 24.8 Å². The molecule has 0 atom stereocenters. The van der Waals surface area contributed by atoms with Crippen molar-refractivity contribution in [2.24, 2.45) is 11.8 Å². The first kappa shape index (κ1) is 15.2. The number of ether oxygens (including phenoxy) is 1. The van der Waals surface area contributed by atoms with Gasteiger partial charge in [-0.3, -0.25) is 0 Å². The first-order valence-corrected chi connectivity index (χ1v) is 6.81. The van der Waals surface area contributed by atoms with Crippen LogP contribution in [-0.2, 0) is 17.9 Å². The Bertz CT molecular complexity index is 321. The quantitative estimate of drug-likeness (QED) is 0.688. The molecule has 1 rings (SSSR count). The molecule has 0 aliphatic rings. The predicted octanol–water partition coefficient (Wildman–Crippen LogP) is 2.98. The summed E-state index contributed by atoms with van der Waals surface area (Å²) in [6.45, 7) is 11.8. The summed E-state index contributed by atoms with van der Waals surface area (Å²) >= 11 is 0. The van der Waals surface area contributed by atoms with Gasteiger partial charge in [0.05, 0.1) is 5.69 Å². The van der Waals surface area contributed by atoms with Crippen LogP contribution in [0.2, 0.25) is 0 Å². The van der Waals surface area contributed by atoms with Gasteiger partial charge >= 0.3 is 0 Å². The lowest BCUT2D eigenvalue weighted by molar-refractivity contribution is 0.0924. The average molecular weight is 254 g/mol. The lowest BCUT2D eigenvalue weighted by Crippen LogP contribution is -2.19. The van der Waals surface area contributed by atoms with Gasteiger partial charge < -0.3 is 14.6 Å². The van der Waals surface area contributed by atoms with Crippen molar-refractivity contribution < 1.29 is 9.26 Å². The van der Waals surface area contributed by atoms with Gasteiger partial charge in [-0.1, -0.05) is 32.9 Å². The normalized spacial score (nSPS) is 11.7. The second-order valence-electron chi connectivity index (χ2n) is 5.54. The zero-order valence-corrected chi connectivity index (χ0v) is 12.0. The molecule has 104 valence electrons. The molecule has 0 saturated carbocycles. The minimum Gasteiger partial charge on any atom is -0.373 e. The molecule has 0 radical (unpaired) electrons. The molecular formula is C14H26N2O2. The van der Waals surface area contributed by atoms with E-state index in [1.807, 2.05) is 6.07 Å². The van der Waals surface area contributed by atoms with Gasteiger partial charge in [-0.25, -0.2) is 0 Å². The number of nitrogens with one attached hydrogen (secondary N) is 1. The molecule has 0 aromatic carbocycles. The van der Waals surface area contributed by atoms with Crippen LogP contribution < -0.4 is 5.32 Å². The van der Waals surface area contributed by atoms with E-state index in [9.17, 15) is 0 Å². The minimum atomic E-state index is 0.518. The van der Waals surface area contributed by atoms with Crippen molar-refractivity contribution in [2.45, 2.75) is 47.3 Å². The maximum atomic E-state index is 5.53. The third-order valence-electron chi connectivity index (χ3n) is 2.55. The molecule has 0 aliphatic heterocycles. The highest BCUT2D eigenvalue weighted by atomic mass is 16.5. The van der Waals surface area contributed by atoms with Crippen molar-refractivity contribution in [3.05, 3.63) is 17.5 Å². The molecule has 0 fully saturated rings. The number of nitrogens with zero attached hydrogens (tertiary/aromatic N) is 1. The van der Waals surface area contributed by atoms with Crippen LogP contribution in [-0.4, -0.2) is 18.3 Å². The summed E-state index contributed by atoms with van der Waals surface area (Å²) in [6.07, 6.45) is 1.08. The van der Waals surface area contributed by atoms with Gasteiger partial charge in [-0.2, -0.15) is 0 Å². The molecule has 1 aromatic rings. The number of aromatic nitrogens is 1. The maximum Gasteiger partial charge on any atom is 0.162 e. The average Bonchev–Trinajstić information content (AvgIpc) is 2.72. The van der Waals surface area contributed by atoms with Crippen LogP contribution in [0.4, 0.5) is 0 Å². The third-order valence-corrected chi connectivity index (χ3v) is 2.55. The Morgan fingerprint density at radius 2 is 2.06 bits per heavy atom. The molecule has 0 spiro atoms. The molecule has 1 heterocycles. The van der Waals surface area contributed by atoms with E-state index in [-0.39, 0.29) is 0 Å². The topological polar surface area (TPSA) is 47.3 Å². The van der Waals surface area contributed by atoms with Crippen LogP contribution in [0.1, 0.15) is 45.6 Å². The van der Waals surface area contributed by atoms with E-state index in [0.717, 1.165) is 37.6 Å². The molecule has 0 bridgehead atoms. The fourth-order valence-corrected chi connectivity index (χ4v) is 1.49. The number of hydrogen-bond acceptors (Lipinski definition) is 4. The van der Waals surface area contributed by atoms with Crippen molar-refractivity contribution in [3.63, 3.8) is 0 Å². The molecule has 0 aliphatic carbocycles. The third kappa shape index (κ3) is 6.77. The second kappa shape index (κ2) is 8.27. The van der Waals surface area contributed by atoms with Gasteiger partial charge in [0.15, 0.2) is 5.76 Å². The van der Waals surface area contributed by atoms with Gasteiger partial charge in [0.25, 0.3) is 0 Å². The summed E-state index contributed by atoms with van der Waals surface area (Å²) in [7, 11) is 0. The van der Waals surface area contributed by atoms with E-state index >= 15 is 0 Å². The van der Waals surface area contributed by atoms with E-state index in [0.29, 0.717) is 18.4 Å². The molecule has 1 N–H and O–H groups in total. The molecule has 18 heavy (non-hydrogen) atoms. The molecule has 4 heteroatoms. The molecule has 1 aromatic heterocycles. The largest absolute Gasteiger partial charge is 0.373 e. The minimum absolute atomic E-state index is 0.518. The SMILES string of the molecule is CC(C)CCOCc1cc(CNCC(C)C)no1. The Kier molecular flexibility index (Phi) is 6.98. The van der Waals surface area contributed by atoms with E-state index < -0.39 is 0 Å². The van der Waals surface area contributed by atoms with E-state index in [2.05, 4.69) is 38.2 Å². The first-order chi connectivity index (χ1) is 8.58. The lowest BCUT2D eigenvalue weighted by Gasteiger charge is -2.04. The highest BCUT2D eigenvalue weighted by Crippen LogP contribution is 2.07. The van der Waals surface area contributed by atoms with Crippen molar-refractivity contribution in [3.8, 4) is 0 Å². The monoisotopic (exact) mass is 254 g/mol. The Labute approximate surface area is 110 Å². The van der Waals surface area contributed by atoms with Crippen LogP contribution in [0.3, 0.4) is 0 Å². The van der Waals surface area contributed by atoms with Crippen molar-refractivity contribution in [1.82, 2.24) is 10.5 Å². The van der Waals surface area contributed by atoms with Crippen LogP contribution in [0.15, 0.2) is 10.6 Å². The summed E-state index contributed by atoms with van der Waals surface area (Å²) in [5, 5.41) is 7.34.